The second-order valence-corrected chi connectivity index (χ2v) is 3.78. The Balaban J connectivity index is 0.00000128. The molecule has 1 atom stereocenters. The Bertz CT molecular complexity index is 319. The molecule has 1 unspecified atom stereocenters. The monoisotopic (exact) mass is 246 g/mol. The smallest absolute Gasteiger partial charge is 0.225 e. The van der Waals surface area contributed by atoms with E-state index in [9.17, 15) is 4.39 Å². The van der Waals surface area contributed by atoms with Gasteiger partial charge in [-0.15, -0.1) is 12.4 Å². The lowest BCUT2D eigenvalue weighted by molar-refractivity contribution is 0.444. The summed E-state index contributed by atoms with van der Waals surface area (Å²) < 4.78 is 12.6. The molecule has 1 fully saturated rings. The first kappa shape index (κ1) is 13.1. The Morgan fingerprint density at radius 2 is 2.12 bits per heavy atom. The van der Waals surface area contributed by atoms with E-state index in [1.165, 1.54) is 18.8 Å². The predicted octanol–water partition coefficient (Wildman–Crippen LogP) is 1.23. The fourth-order valence-electron chi connectivity index (χ4n) is 1.86. The summed E-state index contributed by atoms with van der Waals surface area (Å²) in [5.74, 6) is 0.234. The maximum absolute atomic E-state index is 12.6. The fraction of sp³-hybridized carbons (Fsp3) is 0.600. The lowest BCUT2D eigenvalue weighted by Crippen LogP contribution is -2.45. The van der Waals surface area contributed by atoms with Crippen LogP contribution in [0.25, 0.3) is 0 Å². The highest BCUT2D eigenvalue weighted by Gasteiger charge is 2.20. The van der Waals surface area contributed by atoms with Crippen molar-refractivity contribution >= 4 is 18.4 Å². The van der Waals surface area contributed by atoms with Gasteiger partial charge in [0, 0.05) is 19.1 Å². The van der Waals surface area contributed by atoms with Crippen LogP contribution in [0.2, 0.25) is 0 Å². The minimum Gasteiger partial charge on any atom is -0.339 e. The summed E-state index contributed by atoms with van der Waals surface area (Å²) in [5, 5.41) is 3.24. The van der Waals surface area contributed by atoms with Crippen molar-refractivity contribution in [3.05, 3.63) is 18.2 Å². The zero-order chi connectivity index (χ0) is 10.7. The van der Waals surface area contributed by atoms with Gasteiger partial charge in [-0.2, -0.15) is 0 Å². The van der Waals surface area contributed by atoms with E-state index in [1.807, 2.05) is 7.05 Å². The van der Waals surface area contributed by atoms with Crippen LogP contribution in [0.5, 0.6) is 0 Å². The number of halogens is 2. The summed E-state index contributed by atoms with van der Waals surface area (Å²) in [6.45, 7) is 1.84. The van der Waals surface area contributed by atoms with Gasteiger partial charge in [0.05, 0.1) is 12.4 Å². The predicted molar refractivity (Wildman–Crippen MR) is 63.5 cm³/mol. The molecule has 16 heavy (non-hydrogen) atoms. The van der Waals surface area contributed by atoms with E-state index in [0.717, 1.165) is 19.5 Å². The Hall–Kier alpha value is -0.940. The number of nitrogens with zero attached hydrogens (tertiary/aromatic N) is 3. The summed E-state index contributed by atoms with van der Waals surface area (Å²) in [6.07, 6.45) is 4.72. The second-order valence-electron chi connectivity index (χ2n) is 3.78. The maximum Gasteiger partial charge on any atom is 0.225 e. The number of rotatable bonds is 2. The highest BCUT2D eigenvalue weighted by Crippen LogP contribution is 2.15. The molecule has 90 valence electrons. The van der Waals surface area contributed by atoms with E-state index < -0.39 is 0 Å². The molecule has 6 heteroatoms. The molecule has 1 aromatic rings. The van der Waals surface area contributed by atoms with Gasteiger partial charge in [-0.25, -0.2) is 14.4 Å². The minimum absolute atomic E-state index is 0. The van der Waals surface area contributed by atoms with Crippen molar-refractivity contribution in [1.29, 1.82) is 0 Å². The average molecular weight is 247 g/mol. The lowest BCUT2D eigenvalue weighted by atomic mass is 10.1. The van der Waals surface area contributed by atoms with Crippen molar-refractivity contribution in [3.8, 4) is 0 Å². The van der Waals surface area contributed by atoms with E-state index in [0.29, 0.717) is 12.0 Å². The molecule has 1 aliphatic heterocycles. The van der Waals surface area contributed by atoms with Crippen molar-refractivity contribution in [1.82, 2.24) is 15.3 Å². The molecule has 2 heterocycles. The van der Waals surface area contributed by atoms with Crippen LogP contribution in [0.1, 0.15) is 12.8 Å². The van der Waals surface area contributed by atoms with Crippen molar-refractivity contribution in [2.45, 2.75) is 18.9 Å². The topological polar surface area (TPSA) is 41.0 Å². The molecule has 0 radical (unpaired) electrons. The van der Waals surface area contributed by atoms with Crippen LogP contribution < -0.4 is 10.2 Å². The summed E-state index contributed by atoms with van der Waals surface area (Å²) in [7, 11) is 1.96. The van der Waals surface area contributed by atoms with E-state index in [2.05, 4.69) is 20.2 Å². The Kier molecular flexibility index (Phi) is 4.89. The highest BCUT2D eigenvalue weighted by atomic mass is 35.5. The SMILES string of the molecule is CNC1CCCN(c2ncc(F)cn2)C1.Cl. The second kappa shape index (κ2) is 5.96. The van der Waals surface area contributed by atoms with Gasteiger partial charge in [-0.1, -0.05) is 0 Å². The summed E-state index contributed by atoms with van der Waals surface area (Å²) >= 11 is 0. The number of aromatic nitrogens is 2. The van der Waals surface area contributed by atoms with Crippen LogP contribution in [0, 0.1) is 5.82 Å². The molecule has 0 spiro atoms. The molecule has 0 aromatic carbocycles. The van der Waals surface area contributed by atoms with Gasteiger partial charge in [0.15, 0.2) is 5.82 Å². The van der Waals surface area contributed by atoms with E-state index in [1.54, 1.807) is 0 Å². The third kappa shape index (κ3) is 3.02. The number of piperidine rings is 1. The molecular formula is C10H16ClFN4. The largest absolute Gasteiger partial charge is 0.339 e. The third-order valence-electron chi connectivity index (χ3n) is 2.72. The van der Waals surface area contributed by atoms with Crippen LogP contribution in [-0.4, -0.2) is 36.1 Å². The lowest BCUT2D eigenvalue weighted by Gasteiger charge is -2.32. The Morgan fingerprint density at radius 1 is 1.44 bits per heavy atom. The van der Waals surface area contributed by atoms with Gasteiger partial charge >= 0.3 is 0 Å². The van der Waals surface area contributed by atoms with Gasteiger partial charge in [0.1, 0.15) is 0 Å². The molecule has 1 N–H and O–H groups in total. The van der Waals surface area contributed by atoms with Crippen LogP contribution in [0.15, 0.2) is 12.4 Å². The number of anilines is 1. The normalized spacial score (nSPS) is 20.4. The van der Waals surface area contributed by atoms with Gasteiger partial charge < -0.3 is 10.2 Å². The van der Waals surface area contributed by atoms with Gasteiger partial charge in [0.25, 0.3) is 0 Å². The van der Waals surface area contributed by atoms with Gasteiger partial charge in [-0.3, -0.25) is 0 Å². The molecule has 0 aliphatic carbocycles. The molecule has 0 saturated carbocycles. The number of nitrogens with one attached hydrogen (secondary N) is 1. The quantitative estimate of drug-likeness (QED) is 0.852. The van der Waals surface area contributed by atoms with Crippen LogP contribution in [-0.2, 0) is 0 Å². The first-order valence-corrected chi connectivity index (χ1v) is 5.19. The van der Waals surface area contributed by atoms with Crippen molar-refractivity contribution < 1.29 is 4.39 Å². The summed E-state index contributed by atoms with van der Waals surface area (Å²) in [5.41, 5.74) is 0. The van der Waals surface area contributed by atoms with Crippen LogP contribution in [0.4, 0.5) is 10.3 Å². The Morgan fingerprint density at radius 3 is 2.75 bits per heavy atom. The van der Waals surface area contributed by atoms with Crippen LogP contribution in [0.3, 0.4) is 0 Å². The van der Waals surface area contributed by atoms with Gasteiger partial charge in [-0.05, 0) is 19.9 Å². The van der Waals surface area contributed by atoms with Crippen molar-refractivity contribution in [2.24, 2.45) is 0 Å². The Labute approximate surface area is 101 Å². The molecular weight excluding hydrogens is 231 g/mol. The summed E-state index contributed by atoms with van der Waals surface area (Å²) in [6, 6.07) is 0.479. The molecule has 1 aliphatic rings. The zero-order valence-corrected chi connectivity index (χ0v) is 10.0. The van der Waals surface area contributed by atoms with E-state index >= 15 is 0 Å². The van der Waals surface area contributed by atoms with Gasteiger partial charge in [0.2, 0.25) is 5.95 Å². The maximum atomic E-state index is 12.6. The zero-order valence-electron chi connectivity index (χ0n) is 9.19. The molecule has 2 rings (SSSR count). The van der Waals surface area contributed by atoms with Crippen molar-refractivity contribution in [3.63, 3.8) is 0 Å². The van der Waals surface area contributed by atoms with Crippen LogP contribution >= 0.6 is 12.4 Å². The molecule has 0 bridgehead atoms. The molecule has 1 saturated heterocycles. The van der Waals surface area contributed by atoms with Crippen molar-refractivity contribution in [2.75, 3.05) is 25.0 Å². The highest BCUT2D eigenvalue weighted by molar-refractivity contribution is 5.85. The minimum atomic E-state index is -0.388. The first-order valence-electron chi connectivity index (χ1n) is 5.19. The standard InChI is InChI=1S/C10H15FN4.ClH/c1-12-9-3-2-4-15(7-9)10-13-5-8(11)6-14-10;/h5-6,9,12H,2-4,7H2,1H3;1H. The third-order valence-corrected chi connectivity index (χ3v) is 2.72. The molecule has 1 aromatic heterocycles. The number of hydrogen-bond donors (Lipinski definition) is 1. The molecule has 0 amide bonds. The number of hydrogen-bond acceptors (Lipinski definition) is 4. The molecule has 4 nitrogen and oxygen atoms in total. The van der Waals surface area contributed by atoms with E-state index in [-0.39, 0.29) is 18.2 Å². The fourth-order valence-corrected chi connectivity index (χ4v) is 1.86. The first-order chi connectivity index (χ1) is 7.29. The van der Waals surface area contributed by atoms with E-state index in [4.69, 9.17) is 0 Å². The summed E-state index contributed by atoms with van der Waals surface area (Å²) in [4.78, 5) is 10.1. The number of likely N-dealkylation sites (N-methyl/N-ethyl adjacent to an activating group) is 1. The average Bonchev–Trinajstić information content (AvgIpc) is 2.30.